The normalized spacial score (nSPS) is 10.0. The summed E-state index contributed by atoms with van der Waals surface area (Å²) < 4.78 is 4.51. The van der Waals surface area contributed by atoms with Gasteiger partial charge < -0.3 is 9.57 Å². The first kappa shape index (κ1) is 6.43. The quantitative estimate of drug-likeness (QED) is 0.227. The molecule has 0 radical (unpaired) electrons. The van der Waals surface area contributed by atoms with Crippen molar-refractivity contribution in [3.63, 3.8) is 0 Å². The van der Waals surface area contributed by atoms with Gasteiger partial charge in [0.15, 0.2) is 0 Å². The molecule has 0 bridgehead atoms. The molecular formula is C4H9NO2. The second kappa shape index (κ2) is 5.43. The molecule has 42 valence electrons. The molecule has 0 saturated heterocycles. The van der Waals surface area contributed by atoms with Crippen LogP contribution in [0.2, 0.25) is 0 Å². The van der Waals surface area contributed by atoms with Crippen LogP contribution in [0.4, 0.5) is 0 Å². The Labute approximate surface area is 42.9 Å². The molecule has 0 rings (SSSR count). The fraction of sp³-hybridized carbons (Fsp3) is 0.750. The van der Waals surface area contributed by atoms with Crippen LogP contribution in [0.1, 0.15) is 6.92 Å². The summed E-state index contributed by atoms with van der Waals surface area (Å²) in [5, 5.41) is 3.41. The van der Waals surface area contributed by atoms with Crippen LogP contribution >= 0.6 is 0 Å². The van der Waals surface area contributed by atoms with Gasteiger partial charge in [0.2, 0.25) is 6.79 Å². The van der Waals surface area contributed by atoms with Gasteiger partial charge in [0.25, 0.3) is 0 Å². The lowest BCUT2D eigenvalue weighted by Crippen LogP contribution is -1.87. The third-order valence-corrected chi connectivity index (χ3v) is 0.351. The first-order valence-electron chi connectivity index (χ1n) is 2.00. The van der Waals surface area contributed by atoms with Crippen molar-refractivity contribution in [2.24, 2.45) is 5.16 Å². The molecule has 0 fully saturated rings. The number of oxime groups is 1. The van der Waals surface area contributed by atoms with Gasteiger partial charge in [-0.3, -0.25) is 0 Å². The SMILES string of the molecule is C/C=N/OCOC. The fourth-order valence-electron chi connectivity index (χ4n) is 0.158. The van der Waals surface area contributed by atoms with Crippen LogP contribution < -0.4 is 0 Å². The van der Waals surface area contributed by atoms with E-state index in [4.69, 9.17) is 0 Å². The molecule has 0 aromatic rings. The van der Waals surface area contributed by atoms with E-state index in [9.17, 15) is 0 Å². The highest BCUT2D eigenvalue weighted by atomic mass is 16.7. The lowest BCUT2D eigenvalue weighted by molar-refractivity contribution is -0.0276. The molecule has 0 aliphatic rings. The maximum absolute atomic E-state index is 4.51. The van der Waals surface area contributed by atoms with Crippen LogP contribution in [0.25, 0.3) is 0 Å². The van der Waals surface area contributed by atoms with E-state index in [1.54, 1.807) is 20.2 Å². The van der Waals surface area contributed by atoms with Crippen LogP contribution in [-0.2, 0) is 9.57 Å². The molecule has 0 aliphatic heterocycles. The van der Waals surface area contributed by atoms with E-state index in [2.05, 4.69) is 14.7 Å². The van der Waals surface area contributed by atoms with Gasteiger partial charge in [-0.05, 0) is 6.92 Å². The average Bonchev–Trinajstić information content (AvgIpc) is 1.69. The maximum Gasteiger partial charge on any atom is 0.216 e. The Balaban J connectivity index is 2.69. The minimum atomic E-state index is 0.227. The minimum absolute atomic E-state index is 0.227. The summed E-state index contributed by atoms with van der Waals surface area (Å²) in [6, 6.07) is 0. The van der Waals surface area contributed by atoms with Crippen LogP contribution in [0, 0.1) is 0 Å². The van der Waals surface area contributed by atoms with Crippen LogP contribution in [-0.4, -0.2) is 20.1 Å². The molecule has 0 aliphatic carbocycles. The number of rotatable bonds is 3. The third kappa shape index (κ3) is 5.43. The highest BCUT2D eigenvalue weighted by Crippen LogP contribution is 1.71. The number of methoxy groups -OCH3 is 1. The number of hydrogen-bond donors (Lipinski definition) is 0. The van der Waals surface area contributed by atoms with Gasteiger partial charge in [-0.15, -0.1) is 0 Å². The largest absolute Gasteiger partial charge is 0.367 e. The summed E-state index contributed by atoms with van der Waals surface area (Å²) in [5.74, 6) is 0. The molecular weight excluding hydrogens is 94.0 g/mol. The van der Waals surface area contributed by atoms with Gasteiger partial charge in [0.05, 0.1) is 0 Å². The smallest absolute Gasteiger partial charge is 0.216 e. The van der Waals surface area contributed by atoms with Crippen LogP contribution in [0.3, 0.4) is 0 Å². The van der Waals surface area contributed by atoms with Gasteiger partial charge in [-0.2, -0.15) is 0 Å². The predicted molar refractivity (Wildman–Crippen MR) is 27.1 cm³/mol. The van der Waals surface area contributed by atoms with Gasteiger partial charge in [-0.25, -0.2) is 0 Å². The number of hydrogen-bond acceptors (Lipinski definition) is 3. The van der Waals surface area contributed by atoms with Crippen molar-refractivity contribution < 1.29 is 9.57 Å². The van der Waals surface area contributed by atoms with Gasteiger partial charge in [0, 0.05) is 13.3 Å². The van der Waals surface area contributed by atoms with E-state index in [0.29, 0.717) is 0 Å². The van der Waals surface area contributed by atoms with Crippen LogP contribution in [0.15, 0.2) is 5.16 Å². The van der Waals surface area contributed by atoms with Crippen molar-refractivity contribution in [2.75, 3.05) is 13.9 Å². The van der Waals surface area contributed by atoms with E-state index >= 15 is 0 Å². The zero-order chi connectivity index (χ0) is 5.54. The van der Waals surface area contributed by atoms with Crippen molar-refractivity contribution in [3.8, 4) is 0 Å². The van der Waals surface area contributed by atoms with E-state index in [1.165, 1.54) is 0 Å². The summed E-state index contributed by atoms with van der Waals surface area (Å²) in [6.45, 7) is 2.00. The minimum Gasteiger partial charge on any atom is -0.367 e. The topological polar surface area (TPSA) is 30.8 Å². The molecule has 0 aromatic heterocycles. The maximum atomic E-state index is 4.51. The molecule has 0 amide bonds. The van der Waals surface area contributed by atoms with Crippen molar-refractivity contribution in [3.05, 3.63) is 0 Å². The van der Waals surface area contributed by atoms with Crippen molar-refractivity contribution >= 4 is 6.21 Å². The second-order valence-electron chi connectivity index (χ2n) is 0.899. The van der Waals surface area contributed by atoms with Gasteiger partial charge in [-0.1, -0.05) is 5.16 Å². The highest BCUT2D eigenvalue weighted by Gasteiger charge is 1.69. The summed E-state index contributed by atoms with van der Waals surface area (Å²) in [4.78, 5) is 4.48. The summed E-state index contributed by atoms with van der Waals surface area (Å²) >= 11 is 0. The van der Waals surface area contributed by atoms with E-state index < -0.39 is 0 Å². The Kier molecular flexibility index (Phi) is 4.99. The Hall–Kier alpha value is -0.570. The number of nitrogens with zero attached hydrogens (tertiary/aromatic N) is 1. The van der Waals surface area contributed by atoms with Crippen molar-refractivity contribution in [2.45, 2.75) is 6.92 Å². The molecule has 0 N–H and O–H groups in total. The standard InChI is InChI=1S/C4H9NO2/c1-3-5-7-4-6-2/h3H,4H2,1-2H3/b5-3+. The zero-order valence-corrected chi connectivity index (χ0v) is 4.55. The molecule has 0 heterocycles. The summed E-state index contributed by atoms with van der Waals surface area (Å²) in [7, 11) is 1.55. The zero-order valence-electron chi connectivity index (χ0n) is 4.55. The van der Waals surface area contributed by atoms with Crippen molar-refractivity contribution in [1.82, 2.24) is 0 Å². The Morgan fingerprint density at radius 1 is 1.71 bits per heavy atom. The lowest BCUT2D eigenvalue weighted by atomic mass is 10.9. The molecule has 0 atom stereocenters. The Bertz CT molecular complexity index is 53.7. The van der Waals surface area contributed by atoms with Gasteiger partial charge >= 0.3 is 0 Å². The molecule has 3 nitrogen and oxygen atoms in total. The molecule has 7 heavy (non-hydrogen) atoms. The molecule has 0 unspecified atom stereocenters. The van der Waals surface area contributed by atoms with Crippen molar-refractivity contribution in [1.29, 1.82) is 0 Å². The molecule has 3 heteroatoms. The van der Waals surface area contributed by atoms with E-state index in [0.717, 1.165) is 0 Å². The fourth-order valence-corrected chi connectivity index (χ4v) is 0.158. The number of ether oxygens (including phenoxy) is 1. The Morgan fingerprint density at radius 2 is 2.43 bits per heavy atom. The van der Waals surface area contributed by atoms with Gasteiger partial charge in [0.1, 0.15) is 0 Å². The first-order chi connectivity index (χ1) is 3.41. The van der Waals surface area contributed by atoms with Crippen LogP contribution in [0.5, 0.6) is 0 Å². The summed E-state index contributed by atoms with van der Waals surface area (Å²) in [6.07, 6.45) is 1.55. The summed E-state index contributed by atoms with van der Waals surface area (Å²) in [5.41, 5.74) is 0. The molecule has 0 spiro atoms. The lowest BCUT2D eigenvalue weighted by Gasteiger charge is -1.91. The molecule has 0 aromatic carbocycles. The third-order valence-electron chi connectivity index (χ3n) is 0.351. The Morgan fingerprint density at radius 3 is 2.86 bits per heavy atom. The predicted octanol–water partition coefficient (Wildman–Crippen LogP) is 0.613. The second-order valence-corrected chi connectivity index (χ2v) is 0.899. The monoisotopic (exact) mass is 103 g/mol. The first-order valence-corrected chi connectivity index (χ1v) is 2.00. The van der Waals surface area contributed by atoms with E-state index in [1.807, 2.05) is 0 Å². The highest BCUT2D eigenvalue weighted by molar-refractivity contribution is 5.52. The molecule has 0 saturated carbocycles. The average molecular weight is 103 g/mol. The van der Waals surface area contributed by atoms with E-state index in [-0.39, 0.29) is 6.79 Å².